The molecule has 1 aromatic carbocycles. The fourth-order valence-corrected chi connectivity index (χ4v) is 1.91. The second-order valence-electron chi connectivity index (χ2n) is 4.61. The number of hydrogen-bond donors (Lipinski definition) is 0. The maximum atomic E-state index is 12.0. The zero-order valence-electron chi connectivity index (χ0n) is 9.95. The van der Waals surface area contributed by atoms with E-state index in [9.17, 15) is 4.79 Å². The van der Waals surface area contributed by atoms with Crippen molar-refractivity contribution in [1.82, 2.24) is 0 Å². The van der Waals surface area contributed by atoms with Gasteiger partial charge in [-0.2, -0.15) is 0 Å². The van der Waals surface area contributed by atoms with E-state index in [1.165, 1.54) is 12.8 Å². The van der Waals surface area contributed by atoms with Gasteiger partial charge in [0.15, 0.2) is 5.78 Å². The van der Waals surface area contributed by atoms with E-state index in [0.29, 0.717) is 12.2 Å². The Bertz CT molecular complexity index is 392. The number of ether oxygens (including phenoxy) is 1. The van der Waals surface area contributed by atoms with E-state index in [1.807, 2.05) is 25.1 Å². The summed E-state index contributed by atoms with van der Waals surface area (Å²) in [6.07, 6.45) is 4.30. The Balaban J connectivity index is 2.08. The van der Waals surface area contributed by atoms with Crippen LogP contribution in [-0.2, 0) is 0 Å². The molecule has 0 N–H and O–H groups in total. The zero-order valence-corrected chi connectivity index (χ0v) is 9.95. The molecule has 0 heterocycles. The SMILES string of the molecule is COc1cc(C)ccc1C(=O)CCC1CC1. The Kier molecular flexibility index (Phi) is 3.28. The van der Waals surface area contributed by atoms with Gasteiger partial charge in [0.1, 0.15) is 5.75 Å². The van der Waals surface area contributed by atoms with Gasteiger partial charge >= 0.3 is 0 Å². The highest BCUT2D eigenvalue weighted by molar-refractivity contribution is 5.98. The van der Waals surface area contributed by atoms with Gasteiger partial charge in [0.05, 0.1) is 12.7 Å². The third-order valence-electron chi connectivity index (χ3n) is 3.13. The van der Waals surface area contributed by atoms with Gasteiger partial charge in [0.25, 0.3) is 0 Å². The van der Waals surface area contributed by atoms with Gasteiger partial charge in [0, 0.05) is 6.42 Å². The molecular formula is C14H18O2. The summed E-state index contributed by atoms with van der Waals surface area (Å²) in [5.41, 5.74) is 1.85. The average molecular weight is 218 g/mol. The minimum absolute atomic E-state index is 0.212. The number of methoxy groups -OCH3 is 1. The summed E-state index contributed by atoms with van der Waals surface area (Å²) in [5.74, 6) is 1.73. The summed E-state index contributed by atoms with van der Waals surface area (Å²) in [5, 5.41) is 0. The summed E-state index contributed by atoms with van der Waals surface area (Å²) in [7, 11) is 1.62. The van der Waals surface area contributed by atoms with Crippen molar-refractivity contribution in [2.45, 2.75) is 32.6 Å². The first-order valence-corrected chi connectivity index (χ1v) is 5.88. The zero-order chi connectivity index (χ0) is 11.5. The molecule has 1 aliphatic rings. The molecule has 0 amide bonds. The summed E-state index contributed by atoms with van der Waals surface area (Å²) in [4.78, 5) is 12.0. The van der Waals surface area contributed by atoms with E-state index in [2.05, 4.69) is 0 Å². The van der Waals surface area contributed by atoms with Crippen molar-refractivity contribution in [1.29, 1.82) is 0 Å². The van der Waals surface area contributed by atoms with E-state index >= 15 is 0 Å². The van der Waals surface area contributed by atoms with Crippen LogP contribution in [0.1, 0.15) is 41.6 Å². The van der Waals surface area contributed by atoms with Crippen LogP contribution >= 0.6 is 0 Å². The minimum Gasteiger partial charge on any atom is -0.496 e. The minimum atomic E-state index is 0.212. The van der Waals surface area contributed by atoms with Gasteiger partial charge in [-0.1, -0.05) is 18.9 Å². The van der Waals surface area contributed by atoms with Crippen molar-refractivity contribution in [3.8, 4) is 5.75 Å². The lowest BCUT2D eigenvalue weighted by molar-refractivity contribution is 0.0975. The summed E-state index contributed by atoms with van der Waals surface area (Å²) < 4.78 is 5.25. The molecule has 0 bridgehead atoms. The predicted octanol–water partition coefficient (Wildman–Crippen LogP) is 3.38. The largest absolute Gasteiger partial charge is 0.496 e. The molecule has 1 saturated carbocycles. The lowest BCUT2D eigenvalue weighted by Crippen LogP contribution is -2.02. The molecule has 0 atom stereocenters. The lowest BCUT2D eigenvalue weighted by atomic mass is 10.0. The van der Waals surface area contributed by atoms with Gasteiger partial charge in [-0.05, 0) is 37.0 Å². The van der Waals surface area contributed by atoms with Crippen LogP contribution in [0.5, 0.6) is 5.75 Å². The smallest absolute Gasteiger partial charge is 0.166 e. The maximum absolute atomic E-state index is 12.0. The highest BCUT2D eigenvalue weighted by atomic mass is 16.5. The Morgan fingerprint density at radius 2 is 2.19 bits per heavy atom. The third-order valence-corrected chi connectivity index (χ3v) is 3.13. The molecule has 1 fully saturated rings. The van der Waals surface area contributed by atoms with E-state index in [1.54, 1.807) is 7.11 Å². The molecule has 0 aliphatic heterocycles. The number of Topliss-reactive ketones (excluding diaryl/α,β-unsaturated/α-hetero) is 1. The number of hydrogen-bond acceptors (Lipinski definition) is 2. The number of benzene rings is 1. The molecule has 1 aliphatic carbocycles. The van der Waals surface area contributed by atoms with Crippen LogP contribution < -0.4 is 4.74 Å². The predicted molar refractivity (Wildman–Crippen MR) is 64.0 cm³/mol. The van der Waals surface area contributed by atoms with Gasteiger partial charge in [-0.15, -0.1) is 0 Å². The first kappa shape index (κ1) is 11.2. The van der Waals surface area contributed by atoms with Gasteiger partial charge in [-0.3, -0.25) is 4.79 Å². The molecule has 0 unspecified atom stereocenters. The number of carbonyl (C=O) groups is 1. The van der Waals surface area contributed by atoms with E-state index < -0.39 is 0 Å². The Morgan fingerprint density at radius 1 is 1.44 bits per heavy atom. The fourth-order valence-electron chi connectivity index (χ4n) is 1.91. The maximum Gasteiger partial charge on any atom is 0.166 e. The number of carbonyl (C=O) groups excluding carboxylic acids is 1. The van der Waals surface area contributed by atoms with Crippen LogP contribution in [0.25, 0.3) is 0 Å². The molecule has 86 valence electrons. The highest BCUT2D eigenvalue weighted by Gasteiger charge is 2.23. The van der Waals surface area contributed by atoms with Crippen molar-refractivity contribution < 1.29 is 9.53 Å². The molecule has 2 rings (SSSR count). The fraction of sp³-hybridized carbons (Fsp3) is 0.500. The monoisotopic (exact) mass is 218 g/mol. The molecule has 0 radical (unpaired) electrons. The second-order valence-corrected chi connectivity index (χ2v) is 4.61. The van der Waals surface area contributed by atoms with E-state index in [0.717, 1.165) is 23.5 Å². The Morgan fingerprint density at radius 3 is 2.81 bits per heavy atom. The molecule has 0 saturated heterocycles. The number of aryl methyl sites for hydroxylation is 1. The number of rotatable bonds is 5. The molecule has 0 aromatic heterocycles. The molecule has 16 heavy (non-hydrogen) atoms. The average Bonchev–Trinajstić information content (AvgIpc) is 3.09. The topological polar surface area (TPSA) is 26.3 Å². The molecule has 1 aromatic rings. The van der Waals surface area contributed by atoms with Gasteiger partial charge in [-0.25, -0.2) is 0 Å². The van der Waals surface area contributed by atoms with Crippen LogP contribution in [0, 0.1) is 12.8 Å². The van der Waals surface area contributed by atoms with Crippen LogP contribution in [0.3, 0.4) is 0 Å². The van der Waals surface area contributed by atoms with Crippen molar-refractivity contribution in [2.75, 3.05) is 7.11 Å². The summed E-state index contributed by atoms with van der Waals surface area (Å²) in [6, 6.07) is 5.76. The van der Waals surface area contributed by atoms with Crippen LogP contribution in [0.15, 0.2) is 18.2 Å². The number of ketones is 1. The van der Waals surface area contributed by atoms with Crippen molar-refractivity contribution in [3.05, 3.63) is 29.3 Å². The summed E-state index contributed by atoms with van der Waals surface area (Å²) in [6.45, 7) is 2.00. The standard InChI is InChI=1S/C14H18O2/c1-10-3-7-12(14(9-10)16-2)13(15)8-6-11-4-5-11/h3,7,9,11H,4-6,8H2,1-2H3. The van der Waals surface area contributed by atoms with Crippen LogP contribution in [0.2, 0.25) is 0 Å². The van der Waals surface area contributed by atoms with E-state index in [-0.39, 0.29) is 5.78 Å². The normalized spacial score (nSPS) is 14.9. The van der Waals surface area contributed by atoms with Gasteiger partial charge in [0.2, 0.25) is 0 Å². The summed E-state index contributed by atoms with van der Waals surface area (Å²) >= 11 is 0. The third kappa shape index (κ3) is 2.63. The molecule has 2 heteroatoms. The van der Waals surface area contributed by atoms with Crippen molar-refractivity contribution in [3.63, 3.8) is 0 Å². The van der Waals surface area contributed by atoms with Gasteiger partial charge < -0.3 is 4.74 Å². The first-order valence-electron chi connectivity index (χ1n) is 5.88. The van der Waals surface area contributed by atoms with Crippen LogP contribution in [0.4, 0.5) is 0 Å². The quantitative estimate of drug-likeness (QED) is 0.708. The Hall–Kier alpha value is -1.31. The van der Waals surface area contributed by atoms with Crippen LogP contribution in [-0.4, -0.2) is 12.9 Å². The van der Waals surface area contributed by atoms with Crippen molar-refractivity contribution >= 4 is 5.78 Å². The van der Waals surface area contributed by atoms with E-state index in [4.69, 9.17) is 4.74 Å². The highest BCUT2D eigenvalue weighted by Crippen LogP contribution is 2.34. The lowest BCUT2D eigenvalue weighted by Gasteiger charge is -2.08. The van der Waals surface area contributed by atoms with Crippen molar-refractivity contribution in [2.24, 2.45) is 5.92 Å². The second kappa shape index (κ2) is 4.69. The molecule has 0 spiro atoms. The Labute approximate surface area is 96.6 Å². The molecule has 2 nitrogen and oxygen atoms in total. The molecular weight excluding hydrogens is 200 g/mol. The first-order chi connectivity index (χ1) is 7.70.